The maximum atomic E-state index is 11.9. The monoisotopic (exact) mass is 363 g/mol. The first-order valence-corrected chi connectivity index (χ1v) is 9.88. The second-order valence-electron chi connectivity index (χ2n) is 7.34. The van der Waals surface area contributed by atoms with Crippen LogP contribution >= 0.6 is 23.1 Å². The minimum Gasteiger partial charge on any atom is -0.300 e. The average molecular weight is 364 g/mol. The molecule has 0 saturated heterocycles. The molecule has 4 nitrogen and oxygen atoms in total. The summed E-state index contributed by atoms with van der Waals surface area (Å²) in [6, 6.07) is 8.68. The predicted molar refractivity (Wildman–Crippen MR) is 103 cm³/mol. The summed E-state index contributed by atoms with van der Waals surface area (Å²) in [5, 5.41) is 11.6. The van der Waals surface area contributed by atoms with Gasteiger partial charge in [-0.2, -0.15) is 0 Å². The molecule has 0 atom stereocenters. The molecule has 2 rings (SSSR count). The van der Waals surface area contributed by atoms with Gasteiger partial charge in [-0.25, -0.2) is 0 Å². The van der Waals surface area contributed by atoms with Crippen LogP contribution in [0.4, 0.5) is 5.13 Å². The fourth-order valence-electron chi connectivity index (χ4n) is 2.11. The lowest BCUT2D eigenvalue weighted by Gasteiger charge is -2.16. The number of benzene rings is 1. The molecule has 1 amide bonds. The smallest absolute Gasteiger partial charge is 0.226 e. The summed E-state index contributed by atoms with van der Waals surface area (Å²) in [6.07, 6.45) is 0.470. The van der Waals surface area contributed by atoms with E-state index in [9.17, 15) is 4.79 Å². The largest absolute Gasteiger partial charge is 0.300 e. The molecule has 130 valence electrons. The van der Waals surface area contributed by atoms with Gasteiger partial charge >= 0.3 is 0 Å². The maximum absolute atomic E-state index is 11.9. The molecule has 1 aromatic heterocycles. The van der Waals surface area contributed by atoms with Gasteiger partial charge < -0.3 is 5.32 Å². The topological polar surface area (TPSA) is 54.9 Å². The molecule has 2 aromatic rings. The normalized spacial score (nSPS) is 11.8. The third-order valence-corrected chi connectivity index (χ3v) is 5.40. The van der Waals surface area contributed by atoms with Crippen molar-refractivity contribution in [2.24, 2.45) is 5.41 Å². The third kappa shape index (κ3) is 6.24. The fraction of sp³-hybridized carbons (Fsp3) is 0.500. The van der Waals surface area contributed by atoms with E-state index in [2.05, 4.69) is 53.6 Å². The first-order valence-electron chi connectivity index (χ1n) is 8.08. The molecule has 0 radical (unpaired) electrons. The standard InChI is InChI=1S/C18H25N3OS2/c1-12(2)14-8-6-13(7-9-14)11-23-17-21-20-16(24-17)19-15(22)10-18(3,4)5/h6-9,12H,10-11H2,1-5H3,(H,19,20,22). The Balaban J connectivity index is 1.86. The summed E-state index contributed by atoms with van der Waals surface area (Å²) in [5.74, 6) is 1.39. The van der Waals surface area contributed by atoms with Gasteiger partial charge in [0.2, 0.25) is 11.0 Å². The molecule has 0 fully saturated rings. The highest BCUT2D eigenvalue weighted by molar-refractivity contribution is 8.00. The summed E-state index contributed by atoms with van der Waals surface area (Å²) < 4.78 is 0.869. The van der Waals surface area contributed by atoms with Crippen LogP contribution in [0.25, 0.3) is 0 Å². The van der Waals surface area contributed by atoms with Crippen LogP contribution in [-0.4, -0.2) is 16.1 Å². The first-order chi connectivity index (χ1) is 11.2. The van der Waals surface area contributed by atoms with E-state index in [1.54, 1.807) is 11.8 Å². The Morgan fingerprint density at radius 2 is 1.88 bits per heavy atom. The number of rotatable bonds is 6. The summed E-state index contributed by atoms with van der Waals surface area (Å²) >= 11 is 3.07. The van der Waals surface area contributed by atoms with Gasteiger partial charge in [0.15, 0.2) is 4.34 Å². The SMILES string of the molecule is CC(C)c1ccc(CSc2nnc(NC(=O)CC(C)(C)C)s2)cc1. The predicted octanol–water partition coefficient (Wildman–Crippen LogP) is 5.33. The number of carbonyl (C=O) groups excluding carboxylic acids is 1. The Bertz CT molecular complexity index is 672. The molecular formula is C18H25N3OS2. The molecule has 0 spiro atoms. The molecule has 24 heavy (non-hydrogen) atoms. The zero-order chi connectivity index (χ0) is 17.7. The zero-order valence-electron chi connectivity index (χ0n) is 14.9. The van der Waals surface area contributed by atoms with E-state index < -0.39 is 0 Å². The molecule has 0 unspecified atom stereocenters. The maximum Gasteiger partial charge on any atom is 0.226 e. The second kappa shape index (κ2) is 8.12. The molecule has 0 aliphatic heterocycles. The van der Waals surface area contributed by atoms with Crippen LogP contribution in [0.5, 0.6) is 0 Å². The number of hydrogen-bond acceptors (Lipinski definition) is 5. The van der Waals surface area contributed by atoms with Crippen molar-refractivity contribution in [1.82, 2.24) is 10.2 Å². The number of carbonyl (C=O) groups is 1. The van der Waals surface area contributed by atoms with Gasteiger partial charge in [0.1, 0.15) is 0 Å². The van der Waals surface area contributed by atoms with E-state index >= 15 is 0 Å². The number of hydrogen-bond donors (Lipinski definition) is 1. The van der Waals surface area contributed by atoms with Gasteiger partial charge in [0.05, 0.1) is 0 Å². The third-order valence-electron chi connectivity index (χ3n) is 3.35. The fourth-order valence-corrected chi connectivity index (χ4v) is 3.83. The number of anilines is 1. The van der Waals surface area contributed by atoms with E-state index in [0.717, 1.165) is 10.1 Å². The quantitative estimate of drug-likeness (QED) is 0.557. The highest BCUT2D eigenvalue weighted by atomic mass is 32.2. The summed E-state index contributed by atoms with van der Waals surface area (Å²) in [7, 11) is 0. The van der Waals surface area contributed by atoms with E-state index in [4.69, 9.17) is 0 Å². The van der Waals surface area contributed by atoms with E-state index in [1.807, 2.05) is 20.8 Å². The van der Waals surface area contributed by atoms with Gasteiger partial charge in [-0.15, -0.1) is 10.2 Å². The summed E-state index contributed by atoms with van der Waals surface area (Å²) in [4.78, 5) is 11.9. The molecular weight excluding hydrogens is 338 g/mol. The Morgan fingerprint density at radius 3 is 2.46 bits per heavy atom. The van der Waals surface area contributed by atoms with Crippen LogP contribution in [0.2, 0.25) is 0 Å². The number of amides is 1. The molecule has 0 aliphatic rings. The lowest BCUT2D eigenvalue weighted by Crippen LogP contribution is -2.19. The van der Waals surface area contributed by atoms with Crippen molar-refractivity contribution in [3.63, 3.8) is 0 Å². The van der Waals surface area contributed by atoms with Crippen molar-refractivity contribution in [3.8, 4) is 0 Å². The van der Waals surface area contributed by atoms with E-state index in [0.29, 0.717) is 17.5 Å². The number of nitrogens with one attached hydrogen (secondary N) is 1. The van der Waals surface area contributed by atoms with Gasteiger partial charge in [-0.3, -0.25) is 4.79 Å². The first kappa shape index (κ1) is 18.9. The van der Waals surface area contributed by atoms with E-state index in [-0.39, 0.29) is 11.3 Å². The number of aromatic nitrogens is 2. The number of nitrogens with zero attached hydrogens (tertiary/aromatic N) is 2. The summed E-state index contributed by atoms with van der Waals surface area (Å²) in [5.41, 5.74) is 2.58. The lowest BCUT2D eigenvalue weighted by atomic mass is 9.92. The molecule has 0 aliphatic carbocycles. The summed E-state index contributed by atoms with van der Waals surface area (Å²) in [6.45, 7) is 10.5. The van der Waals surface area contributed by atoms with Crippen molar-refractivity contribution >= 4 is 34.1 Å². The van der Waals surface area contributed by atoms with Gasteiger partial charge in [-0.1, -0.05) is 82.0 Å². The number of thioether (sulfide) groups is 1. The molecule has 0 bridgehead atoms. The average Bonchev–Trinajstić information content (AvgIpc) is 2.91. The van der Waals surface area contributed by atoms with Gasteiger partial charge in [0.25, 0.3) is 0 Å². The van der Waals surface area contributed by atoms with Gasteiger partial charge in [-0.05, 0) is 22.5 Å². The van der Waals surface area contributed by atoms with Crippen LogP contribution in [0.1, 0.15) is 58.1 Å². The van der Waals surface area contributed by atoms with Crippen LogP contribution in [0, 0.1) is 5.41 Å². The molecule has 6 heteroatoms. The van der Waals surface area contributed by atoms with Crippen molar-refractivity contribution in [3.05, 3.63) is 35.4 Å². The Labute approximate surface area is 152 Å². The van der Waals surface area contributed by atoms with Crippen molar-refractivity contribution in [1.29, 1.82) is 0 Å². The highest BCUT2D eigenvalue weighted by Gasteiger charge is 2.17. The Hall–Kier alpha value is -1.40. The van der Waals surface area contributed by atoms with Crippen LogP contribution < -0.4 is 5.32 Å². The molecule has 1 aromatic carbocycles. The highest BCUT2D eigenvalue weighted by Crippen LogP contribution is 2.29. The van der Waals surface area contributed by atoms with E-state index in [1.165, 1.54) is 22.5 Å². The molecule has 1 heterocycles. The Morgan fingerprint density at radius 1 is 1.21 bits per heavy atom. The molecule has 1 N–H and O–H groups in total. The van der Waals surface area contributed by atoms with Crippen molar-refractivity contribution in [2.45, 2.75) is 57.0 Å². The Kier molecular flexibility index (Phi) is 6.40. The minimum atomic E-state index is -0.0332. The lowest BCUT2D eigenvalue weighted by molar-refractivity contribution is -0.117. The van der Waals surface area contributed by atoms with Crippen molar-refractivity contribution < 1.29 is 4.79 Å². The van der Waals surface area contributed by atoms with Gasteiger partial charge in [0, 0.05) is 12.2 Å². The zero-order valence-corrected chi connectivity index (χ0v) is 16.6. The molecule has 0 saturated carbocycles. The van der Waals surface area contributed by atoms with Crippen LogP contribution in [-0.2, 0) is 10.5 Å². The minimum absolute atomic E-state index is 0.0144. The second-order valence-corrected chi connectivity index (χ2v) is 9.54. The van der Waals surface area contributed by atoms with Crippen molar-refractivity contribution in [2.75, 3.05) is 5.32 Å². The van der Waals surface area contributed by atoms with Crippen LogP contribution in [0.3, 0.4) is 0 Å². The van der Waals surface area contributed by atoms with Crippen LogP contribution in [0.15, 0.2) is 28.6 Å².